The van der Waals surface area contributed by atoms with Gasteiger partial charge in [-0.15, -0.1) is 0 Å². The molecule has 0 saturated carbocycles. The van der Waals surface area contributed by atoms with Crippen molar-refractivity contribution in [1.29, 1.82) is 0 Å². The van der Waals surface area contributed by atoms with Gasteiger partial charge in [-0.25, -0.2) is 0 Å². The van der Waals surface area contributed by atoms with Crippen LogP contribution in [0.3, 0.4) is 0 Å². The Morgan fingerprint density at radius 2 is 1.62 bits per heavy atom. The van der Waals surface area contributed by atoms with Crippen LogP contribution < -0.4 is 14.2 Å². The number of rotatable bonds is 6. The van der Waals surface area contributed by atoms with Crippen molar-refractivity contribution in [2.24, 2.45) is 0 Å². The van der Waals surface area contributed by atoms with Crippen LogP contribution in [0.4, 0.5) is 0 Å². The number of esters is 1. The molecule has 0 N–H and O–H groups in total. The number of allylic oxidation sites excluding steroid dienone is 1. The maximum atomic E-state index is 12.2. The summed E-state index contributed by atoms with van der Waals surface area (Å²) in [7, 11) is 3.06. The molecule has 0 fully saturated rings. The average molecular weight is 326 g/mol. The van der Waals surface area contributed by atoms with Crippen LogP contribution in [0.1, 0.15) is 22.8 Å². The Morgan fingerprint density at radius 3 is 2.21 bits per heavy atom. The van der Waals surface area contributed by atoms with Crippen molar-refractivity contribution < 1.29 is 23.8 Å². The number of hydrogen-bond acceptors (Lipinski definition) is 5. The maximum absolute atomic E-state index is 12.2. The van der Waals surface area contributed by atoms with Crippen molar-refractivity contribution in [2.75, 3.05) is 14.2 Å². The predicted octanol–water partition coefficient (Wildman–Crippen LogP) is 3.53. The number of carbonyl (C=O) groups excluding carboxylic acids is 2. The number of hydrogen-bond donors (Lipinski definition) is 0. The van der Waals surface area contributed by atoms with Gasteiger partial charge < -0.3 is 14.2 Å². The van der Waals surface area contributed by atoms with Crippen molar-refractivity contribution >= 4 is 17.8 Å². The summed E-state index contributed by atoms with van der Waals surface area (Å²) in [6.07, 6.45) is 3.15. The van der Waals surface area contributed by atoms with E-state index in [-0.39, 0.29) is 5.78 Å². The number of carbonyl (C=O) groups is 2. The van der Waals surface area contributed by atoms with Gasteiger partial charge in [0.05, 0.1) is 14.2 Å². The highest BCUT2D eigenvalue weighted by Crippen LogP contribution is 2.28. The summed E-state index contributed by atoms with van der Waals surface area (Å²) in [5.41, 5.74) is 1.32. The smallest absolute Gasteiger partial charge is 0.308 e. The molecule has 0 spiro atoms. The van der Waals surface area contributed by atoms with E-state index in [0.29, 0.717) is 22.8 Å². The Balaban J connectivity index is 2.15. The zero-order valence-electron chi connectivity index (χ0n) is 13.7. The molecule has 0 unspecified atom stereocenters. The topological polar surface area (TPSA) is 61.8 Å². The lowest BCUT2D eigenvalue weighted by Crippen LogP contribution is -2.03. The molecule has 2 rings (SSSR count). The standard InChI is InChI=1S/C19H18O5/c1-13(20)24-18-11-5-14(12-19(18)23-3)4-10-17(21)15-6-8-16(22-2)9-7-15/h4-12H,1-3H3. The Bertz CT molecular complexity index is 760. The first-order valence-corrected chi connectivity index (χ1v) is 7.26. The van der Waals surface area contributed by atoms with Gasteiger partial charge in [0.1, 0.15) is 5.75 Å². The molecule has 0 aliphatic heterocycles. The second-order valence-electron chi connectivity index (χ2n) is 4.93. The summed E-state index contributed by atoms with van der Waals surface area (Å²) < 4.78 is 15.3. The molecule has 5 heteroatoms. The van der Waals surface area contributed by atoms with Crippen LogP contribution in [0.25, 0.3) is 6.08 Å². The largest absolute Gasteiger partial charge is 0.497 e. The van der Waals surface area contributed by atoms with Crippen molar-refractivity contribution in [3.63, 3.8) is 0 Å². The maximum Gasteiger partial charge on any atom is 0.308 e. The van der Waals surface area contributed by atoms with Crippen LogP contribution in [-0.4, -0.2) is 26.0 Å². The zero-order chi connectivity index (χ0) is 17.5. The molecule has 0 saturated heterocycles. The zero-order valence-corrected chi connectivity index (χ0v) is 13.7. The van der Waals surface area contributed by atoms with E-state index < -0.39 is 5.97 Å². The molecule has 2 aromatic rings. The van der Waals surface area contributed by atoms with Crippen molar-refractivity contribution in [3.8, 4) is 17.2 Å². The SMILES string of the molecule is COc1ccc(C(=O)C=Cc2ccc(OC(C)=O)c(OC)c2)cc1. The minimum absolute atomic E-state index is 0.124. The van der Waals surface area contributed by atoms with E-state index in [1.807, 2.05) is 0 Å². The monoisotopic (exact) mass is 326 g/mol. The molecule has 2 aromatic carbocycles. The van der Waals surface area contributed by atoms with Gasteiger partial charge in [-0.05, 0) is 48.0 Å². The Kier molecular flexibility index (Phi) is 5.73. The molecular weight excluding hydrogens is 308 g/mol. The summed E-state index contributed by atoms with van der Waals surface area (Å²) in [5, 5.41) is 0. The lowest BCUT2D eigenvalue weighted by atomic mass is 10.1. The van der Waals surface area contributed by atoms with Gasteiger partial charge in [0.2, 0.25) is 0 Å². The van der Waals surface area contributed by atoms with Crippen molar-refractivity contribution in [1.82, 2.24) is 0 Å². The summed E-state index contributed by atoms with van der Waals surface area (Å²) >= 11 is 0. The molecule has 0 amide bonds. The van der Waals surface area contributed by atoms with Crippen LogP contribution in [0.5, 0.6) is 17.2 Å². The second-order valence-corrected chi connectivity index (χ2v) is 4.93. The first-order valence-electron chi connectivity index (χ1n) is 7.26. The molecule has 0 atom stereocenters. The van der Waals surface area contributed by atoms with Gasteiger partial charge in [0, 0.05) is 12.5 Å². The number of ether oxygens (including phenoxy) is 3. The van der Waals surface area contributed by atoms with E-state index in [2.05, 4.69) is 0 Å². The van der Waals surface area contributed by atoms with Crippen molar-refractivity contribution in [2.45, 2.75) is 6.92 Å². The number of methoxy groups -OCH3 is 2. The third-order valence-corrected chi connectivity index (χ3v) is 3.24. The first kappa shape index (κ1) is 17.3. The summed E-state index contributed by atoms with van der Waals surface area (Å²) in [6.45, 7) is 1.32. The highest BCUT2D eigenvalue weighted by molar-refractivity contribution is 6.06. The van der Waals surface area contributed by atoms with Gasteiger partial charge in [0.15, 0.2) is 17.3 Å². The lowest BCUT2D eigenvalue weighted by Gasteiger charge is -2.08. The Morgan fingerprint density at radius 1 is 0.917 bits per heavy atom. The lowest BCUT2D eigenvalue weighted by molar-refractivity contribution is -0.132. The van der Waals surface area contributed by atoms with Crippen LogP contribution in [0, 0.1) is 0 Å². The van der Waals surface area contributed by atoms with E-state index in [1.165, 1.54) is 20.1 Å². The van der Waals surface area contributed by atoms with E-state index in [0.717, 1.165) is 5.56 Å². The van der Waals surface area contributed by atoms with Gasteiger partial charge in [0.25, 0.3) is 0 Å². The fourth-order valence-electron chi connectivity index (χ4n) is 2.05. The molecule has 0 heterocycles. The Hall–Kier alpha value is -3.08. The first-order chi connectivity index (χ1) is 11.5. The normalized spacial score (nSPS) is 10.5. The minimum Gasteiger partial charge on any atom is -0.497 e. The number of ketones is 1. The van der Waals surface area contributed by atoms with Gasteiger partial charge in [-0.1, -0.05) is 12.1 Å². The van der Waals surface area contributed by atoms with Crippen LogP contribution >= 0.6 is 0 Å². The van der Waals surface area contributed by atoms with E-state index >= 15 is 0 Å². The van der Waals surface area contributed by atoms with E-state index in [9.17, 15) is 9.59 Å². The molecule has 0 bridgehead atoms. The predicted molar refractivity (Wildman–Crippen MR) is 90.7 cm³/mol. The molecule has 124 valence electrons. The van der Waals surface area contributed by atoms with E-state index in [1.54, 1.807) is 55.7 Å². The highest BCUT2D eigenvalue weighted by atomic mass is 16.6. The minimum atomic E-state index is -0.425. The van der Waals surface area contributed by atoms with Crippen LogP contribution in [0.2, 0.25) is 0 Å². The number of benzene rings is 2. The van der Waals surface area contributed by atoms with Gasteiger partial charge in [-0.3, -0.25) is 9.59 Å². The fraction of sp³-hybridized carbons (Fsp3) is 0.158. The molecule has 0 radical (unpaired) electrons. The third kappa shape index (κ3) is 4.46. The van der Waals surface area contributed by atoms with E-state index in [4.69, 9.17) is 14.2 Å². The molecule has 24 heavy (non-hydrogen) atoms. The van der Waals surface area contributed by atoms with Gasteiger partial charge >= 0.3 is 5.97 Å². The molecule has 0 aliphatic carbocycles. The van der Waals surface area contributed by atoms with Gasteiger partial charge in [-0.2, -0.15) is 0 Å². The summed E-state index contributed by atoms with van der Waals surface area (Å²) in [5.74, 6) is 0.904. The average Bonchev–Trinajstić information content (AvgIpc) is 2.60. The molecular formula is C19H18O5. The fourth-order valence-corrected chi connectivity index (χ4v) is 2.05. The highest BCUT2D eigenvalue weighted by Gasteiger charge is 2.07. The van der Waals surface area contributed by atoms with Crippen LogP contribution in [-0.2, 0) is 4.79 Å². The molecule has 5 nitrogen and oxygen atoms in total. The molecule has 0 aliphatic rings. The summed E-state index contributed by atoms with van der Waals surface area (Å²) in [6, 6.07) is 11.9. The Labute approximate surface area is 140 Å². The molecule has 0 aromatic heterocycles. The van der Waals surface area contributed by atoms with Crippen LogP contribution in [0.15, 0.2) is 48.5 Å². The van der Waals surface area contributed by atoms with Crippen molar-refractivity contribution in [3.05, 3.63) is 59.7 Å². The summed E-state index contributed by atoms with van der Waals surface area (Å²) in [4.78, 5) is 23.2. The second kappa shape index (κ2) is 7.97. The quantitative estimate of drug-likeness (QED) is 0.352. The third-order valence-electron chi connectivity index (χ3n) is 3.24.